The van der Waals surface area contributed by atoms with Crippen molar-refractivity contribution in [3.05, 3.63) is 65.7 Å². The Morgan fingerprint density at radius 3 is 2.27 bits per heavy atom. The number of hydrogen-bond donors (Lipinski definition) is 2. The maximum atomic E-state index is 11.7. The summed E-state index contributed by atoms with van der Waals surface area (Å²) in [7, 11) is 0. The van der Waals surface area contributed by atoms with E-state index in [4.69, 9.17) is 18.0 Å². The van der Waals surface area contributed by atoms with Gasteiger partial charge in [0.1, 0.15) is 6.04 Å². The lowest BCUT2D eigenvalue weighted by atomic mass is 10.0. The number of aliphatic carboxylic acids is 1. The number of benzene rings is 2. The number of nitrogens with two attached hydrogens (primary N) is 1. The van der Waals surface area contributed by atoms with Gasteiger partial charge in [-0.3, -0.25) is 0 Å². The van der Waals surface area contributed by atoms with Crippen LogP contribution in [0.2, 0.25) is 0 Å². The van der Waals surface area contributed by atoms with E-state index in [-0.39, 0.29) is 5.11 Å². The summed E-state index contributed by atoms with van der Waals surface area (Å²) in [6.45, 7) is 1.99. The first kappa shape index (κ1) is 16.0. The van der Waals surface area contributed by atoms with E-state index < -0.39 is 12.0 Å². The number of anilines is 1. The molecule has 114 valence electrons. The lowest BCUT2D eigenvalue weighted by Crippen LogP contribution is -2.49. The zero-order chi connectivity index (χ0) is 16.1. The van der Waals surface area contributed by atoms with Crippen molar-refractivity contribution in [2.24, 2.45) is 5.73 Å². The van der Waals surface area contributed by atoms with Crippen LogP contribution in [0.1, 0.15) is 11.1 Å². The second-order valence-corrected chi connectivity index (χ2v) is 5.51. The van der Waals surface area contributed by atoms with Crippen LogP contribution < -0.4 is 10.6 Å². The highest BCUT2D eigenvalue weighted by molar-refractivity contribution is 7.80. The fourth-order valence-electron chi connectivity index (χ4n) is 2.29. The summed E-state index contributed by atoms with van der Waals surface area (Å²) in [4.78, 5) is 13.2. The number of carboxylic acid groups (broad SMARTS) is 1. The van der Waals surface area contributed by atoms with Crippen molar-refractivity contribution in [1.82, 2.24) is 0 Å². The molecule has 0 saturated heterocycles. The van der Waals surface area contributed by atoms with Gasteiger partial charge in [-0.1, -0.05) is 48.0 Å². The number of hydrogen-bond acceptors (Lipinski definition) is 2. The molecule has 0 amide bonds. The van der Waals surface area contributed by atoms with Crippen LogP contribution in [0.3, 0.4) is 0 Å². The zero-order valence-corrected chi connectivity index (χ0v) is 13.1. The van der Waals surface area contributed by atoms with E-state index in [1.807, 2.05) is 49.4 Å². The molecule has 0 fully saturated rings. The predicted octanol–water partition coefficient (Wildman–Crippen LogP) is 2.74. The van der Waals surface area contributed by atoms with Crippen LogP contribution in [0.15, 0.2) is 54.6 Å². The van der Waals surface area contributed by atoms with Crippen molar-refractivity contribution in [2.75, 3.05) is 4.90 Å². The van der Waals surface area contributed by atoms with Crippen LogP contribution in [0.5, 0.6) is 0 Å². The van der Waals surface area contributed by atoms with Gasteiger partial charge in [-0.25, -0.2) is 4.79 Å². The highest BCUT2D eigenvalue weighted by atomic mass is 32.1. The van der Waals surface area contributed by atoms with Gasteiger partial charge in [0.25, 0.3) is 0 Å². The van der Waals surface area contributed by atoms with Gasteiger partial charge in [0.2, 0.25) is 0 Å². The van der Waals surface area contributed by atoms with E-state index in [0.717, 1.165) is 11.1 Å². The average Bonchev–Trinajstić information content (AvgIpc) is 2.49. The first-order valence-electron chi connectivity index (χ1n) is 6.91. The lowest BCUT2D eigenvalue weighted by Gasteiger charge is -2.29. The van der Waals surface area contributed by atoms with E-state index in [1.165, 1.54) is 4.90 Å². The Balaban J connectivity index is 2.33. The summed E-state index contributed by atoms with van der Waals surface area (Å²) in [6, 6.07) is 16.0. The Bertz CT molecular complexity index is 656. The van der Waals surface area contributed by atoms with Gasteiger partial charge in [-0.05, 0) is 36.8 Å². The number of carboxylic acids is 1. The molecule has 3 N–H and O–H groups in total. The maximum Gasteiger partial charge on any atom is 0.327 e. The third kappa shape index (κ3) is 3.83. The summed E-state index contributed by atoms with van der Waals surface area (Å²) >= 11 is 5.07. The normalized spacial score (nSPS) is 11.7. The molecule has 0 aliphatic heterocycles. The third-order valence-corrected chi connectivity index (χ3v) is 3.61. The Hall–Kier alpha value is -2.40. The van der Waals surface area contributed by atoms with E-state index in [0.29, 0.717) is 12.1 Å². The van der Waals surface area contributed by atoms with Crippen LogP contribution in [-0.4, -0.2) is 22.2 Å². The molecule has 0 radical (unpaired) electrons. The fraction of sp³-hybridized carbons (Fsp3) is 0.176. The van der Waals surface area contributed by atoms with Gasteiger partial charge in [-0.2, -0.15) is 0 Å². The van der Waals surface area contributed by atoms with Crippen LogP contribution in [0.4, 0.5) is 5.69 Å². The highest BCUT2D eigenvalue weighted by Gasteiger charge is 2.28. The molecule has 0 spiro atoms. The molecule has 0 heterocycles. The van der Waals surface area contributed by atoms with Crippen LogP contribution in [0, 0.1) is 6.92 Å². The summed E-state index contributed by atoms with van der Waals surface area (Å²) in [5.74, 6) is -0.961. The molecule has 2 aromatic carbocycles. The zero-order valence-electron chi connectivity index (χ0n) is 12.3. The molecule has 0 aliphatic carbocycles. The molecular formula is C17H18N2O2S. The molecule has 22 heavy (non-hydrogen) atoms. The van der Waals surface area contributed by atoms with Crippen molar-refractivity contribution >= 4 is 29.0 Å². The highest BCUT2D eigenvalue weighted by Crippen LogP contribution is 2.19. The topological polar surface area (TPSA) is 66.6 Å². The summed E-state index contributed by atoms with van der Waals surface area (Å²) < 4.78 is 0. The van der Waals surface area contributed by atoms with E-state index >= 15 is 0 Å². The largest absolute Gasteiger partial charge is 0.480 e. The van der Waals surface area contributed by atoms with E-state index in [9.17, 15) is 9.90 Å². The smallest absolute Gasteiger partial charge is 0.327 e. The average molecular weight is 314 g/mol. The van der Waals surface area contributed by atoms with Gasteiger partial charge in [0.05, 0.1) is 0 Å². The van der Waals surface area contributed by atoms with Crippen molar-refractivity contribution in [3.63, 3.8) is 0 Å². The quantitative estimate of drug-likeness (QED) is 0.831. The summed E-state index contributed by atoms with van der Waals surface area (Å²) in [6.07, 6.45) is 0.321. The molecule has 2 rings (SSSR count). The van der Waals surface area contributed by atoms with Crippen LogP contribution >= 0.6 is 12.2 Å². The summed E-state index contributed by atoms with van der Waals surface area (Å²) in [5.41, 5.74) is 8.51. The van der Waals surface area contributed by atoms with Gasteiger partial charge in [0.15, 0.2) is 5.11 Å². The fourth-order valence-corrected chi connectivity index (χ4v) is 2.52. The lowest BCUT2D eigenvalue weighted by molar-refractivity contribution is -0.138. The maximum absolute atomic E-state index is 11.7. The molecule has 0 saturated carbocycles. The second kappa shape index (κ2) is 7.04. The SMILES string of the molecule is Cc1ccc(CC(C(=O)O)N(C(N)=S)c2ccccc2)cc1. The molecule has 2 aromatic rings. The van der Waals surface area contributed by atoms with Gasteiger partial charge < -0.3 is 15.7 Å². The molecule has 1 unspecified atom stereocenters. The minimum absolute atomic E-state index is 0.0470. The van der Waals surface area contributed by atoms with Crippen molar-refractivity contribution < 1.29 is 9.90 Å². The Morgan fingerprint density at radius 2 is 1.77 bits per heavy atom. The first-order valence-corrected chi connectivity index (χ1v) is 7.32. The molecule has 1 atom stereocenters. The number of thiocarbonyl (C=S) groups is 1. The minimum Gasteiger partial charge on any atom is -0.480 e. The number of carbonyl (C=O) groups is 1. The molecule has 0 bridgehead atoms. The minimum atomic E-state index is -0.961. The first-order chi connectivity index (χ1) is 10.5. The number of aryl methyl sites for hydroxylation is 1. The number of nitrogens with zero attached hydrogens (tertiary/aromatic N) is 1. The molecule has 5 heteroatoms. The van der Waals surface area contributed by atoms with Crippen molar-refractivity contribution in [3.8, 4) is 0 Å². The monoisotopic (exact) mass is 314 g/mol. The van der Waals surface area contributed by atoms with E-state index in [1.54, 1.807) is 12.1 Å². The number of para-hydroxylation sites is 1. The predicted molar refractivity (Wildman–Crippen MR) is 92.0 cm³/mol. The van der Waals surface area contributed by atoms with Crippen molar-refractivity contribution in [2.45, 2.75) is 19.4 Å². The van der Waals surface area contributed by atoms with Gasteiger partial charge >= 0.3 is 5.97 Å². The van der Waals surface area contributed by atoms with Crippen LogP contribution in [-0.2, 0) is 11.2 Å². The van der Waals surface area contributed by atoms with Crippen molar-refractivity contribution in [1.29, 1.82) is 0 Å². The van der Waals surface area contributed by atoms with Gasteiger partial charge in [0, 0.05) is 12.1 Å². The van der Waals surface area contributed by atoms with E-state index in [2.05, 4.69) is 0 Å². The van der Waals surface area contributed by atoms with Crippen LogP contribution in [0.25, 0.3) is 0 Å². The van der Waals surface area contributed by atoms with Gasteiger partial charge in [-0.15, -0.1) is 0 Å². The molecule has 4 nitrogen and oxygen atoms in total. The summed E-state index contributed by atoms with van der Waals surface area (Å²) in [5, 5.41) is 9.66. The third-order valence-electron chi connectivity index (χ3n) is 3.42. The Labute approximate surface area is 135 Å². The second-order valence-electron chi connectivity index (χ2n) is 5.09. The Morgan fingerprint density at radius 1 is 1.18 bits per heavy atom. The molecular weight excluding hydrogens is 296 g/mol. The number of rotatable bonds is 5. The molecule has 0 aliphatic rings. The standard InChI is InChI=1S/C17H18N2O2S/c1-12-7-9-13(10-8-12)11-15(16(20)21)19(17(18)22)14-5-3-2-4-6-14/h2-10,15H,11H2,1H3,(H2,18,22)(H,20,21). The molecule has 0 aromatic heterocycles. The Kier molecular flexibility index (Phi) is 5.12.